The molecule has 5 nitrogen and oxygen atoms in total. The van der Waals surface area contributed by atoms with Crippen LogP contribution >= 0.6 is 22.9 Å². The van der Waals surface area contributed by atoms with Crippen molar-refractivity contribution in [1.82, 2.24) is 14.3 Å². The molecule has 1 saturated heterocycles. The molecule has 1 aliphatic rings. The van der Waals surface area contributed by atoms with Gasteiger partial charge in [0.15, 0.2) is 0 Å². The van der Waals surface area contributed by atoms with Gasteiger partial charge in [-0.25, -0.2) is 4.98 Å². The highest BCUT2D eigenvalue weighted by atomic mass is 32.1. The molecule has 2 aromatic rings. The van der Waals surface area contributed by atoms with Crippen LogP contribution < -0.4 is 4.90 Å². The third-order valence-electron chi connectivity index (χ3n) is 3.31. The second-order valence-corrected chi connectivity index (χ2v) is 6.83. The highest BCUT2D eigenvalue weighted by Crippen LogP contribution is 2.21. The maximum atomic E-state index is 12.4. The number of piperazine rings is 1. The number of hydrogen-bond acceptors (Lipinski definition) is 6. The van der Waals surface area contributed by atoms with E-state index in [1.807, 2.05) is 30.9 Å². The Kier molecular flexibility index (Phi) is 3.71. The lowest BCUT2D eigenvalue weighted by molar-refractivity contribution is 0.0751. The van der Waals surface area contributed by atoms with Gasteiger partial charge in [0.05, 0.1) is 4.88 Å². The number of aryl methyl sites for hydroxylation is 2. The smallest absolute Gasteiger partial charge is 0.264 e. The van der Waals surface area contributed by atoms with Crippen molar-refractivity contribution >= 4 is 33.9 Å². The molecule has 2 aromatic heterocycles. The first-order chi connectivity index (χ1) is 9.63. The maximum absolute atomic E-state index is 12.4. The molecular weight excluding hydrogens is 292 g/mol. The van der Waals surface area contributed by atoms with E-state index >= 15 is 0 Å². The summed E-state index contributed by atoms with van der Waals surface area (Å²) in [6.45, 7) is 7.06. The van der Waals surface area contributed by atoms with Crippen molar-refractivity contribution < 1.29 is 4.79 Å². The Bertz CT molecular complexity index is 613. The normalized spacial score (nSPS) is 15.7. The Morgan fingerprint density at radius 1 is 1.20 bits per heavy atom. The summed E-state index contributed by atoms with van der Waals surface area (Å²) in [6, 6.07) is 3.92. The Hall–Kier alpha value is -1.47. The van der Waals surface area contributed by atoms with E-state index in [2.05, 4.69) is 14.3 Å². The van der Waals surface area contributed by atoms with E-state index in [-0.39, 0.29) is 5.91 Å². The maximum Gasteiger partial charge on any atom is 0.264 e. The summed E-state index contributed by atoms with van der Waals surface area (Å²) in [5.41, 5.74) is 0. The van der Waals surface area contributed by atoms with Gasteiger partial charge in [0.1, 0.15) is 5.82 Å². The topological polar surface area (TPSA) is 49.3 Å². The van der Waals surface area contributed by atoms with Crippen molar-refractivity contribution in [3.8, 4) is 0 Å². The minimum Gasteiger partial charge on any atom is -0.343 e. The second-order valence-electron chi connectivity index (χ2n) is 4.81. The van der Waals surface area contributed by atoms with Gasteiger partial charge in [-0.3, -0.25) is 4.79 Å². The molecule has 3 rings (SSSR count). The third kappa shape index (κ3) is 2.69. The van der Waals surface area contributed by atoms with Crippen LogP contribution in [0.5, 0.6) is 0 Å². The lowest BCUT2D eigenvalue weighted by atomic mass is 10.3. The lowest BCUT2D eigenvalue weighted by Gasteiger charge is -2.34. The highest BCUT2D eigenvalue weighted by Gasteiger charge is 2.24. The fraction of sp³-hybridized carbons (Fsp3) is 0.462. The largest absolute Gasteiger partial charge is 0.343 e. The van der Waals surface area contributed by atoms with E-state index in [4.69, 9.17) is 0 Å². The van der Waals surface area contributed by atoms with Gasteiger partial charge in [0, 0.05) is 42.6 Å². The molecule has 20 heavy (non-hydrogen) atoms. The monoisotopic (exact) mass is 308 g/mol. The van der Waals surface area contributed by atoms with Crippen LogP contribution in [0.4, 0.5) is 5.13 Å². The zero-order valence-corrected chi connectivity index (χ0v) is 13.1. The molecule has 0 spiro atoms. The van der Waals surface area contributed by atoms with Gasteiger partial charge in [-0.15, -0.1) is 11.3 Å². The van der Waals surface area contributed by atoms with Gasteiger partial charge < -0.3 is 9.80 Å². The van der Waals surface area contributed by atoms with Crippen molar-refractivity contribution in [2.24, 2.45) is 0 Å². The first-order valence-corrected chi connectivity index (χ1v) is 8.13. The molecule has 1 fully saturated rings. The van der Waals surface area contributed by atoms with Crippen LogP contribution in [0.3, 0.4) is 0 Å². The second kappa shape index (κ2) is 5.49. The number of hydrogen-bond donors (Lipinski definition) is 0. The van der Waals surface area contributed by atoms with E-state index < -0.39 is 0 Å². The number of anilines is 1. The zero-order chi connectivity index (χ0) is 14.1. The summed E-state index contributed by atoms with van der Waals surface area (Å²) < 4.78 is 4.21. The molecule has 0 atom stereocenters. The summed E-state index contributed by atoms with van der Waals surface area (Å²) in [4.78, 5) is 22.9. The van der Waals surface area contributed by atoms with Crippen LogP contribution in [0.15, 0.2) is 12.1 Å². The summed E-state index contributed by atoms with van der Waals surface area (Å²) in [5.74, 6) is 0.966. The van der Waals surface area contributed by atoms with Crippen molar-refractivity contribution in [2.45, 2.75) is 13.8 Å². The number of carbonyl (C=O) groups is 1. The van der Waals surface area contributed by atoms with Gasteiger partial charge in [0.2, 0.25) is 5.13 Å². The molecule has 106 valence electrons. The molecule has 1 amide bonds. The Balaban J connectivity index is 1.62. The predicted octanol–water partition coefficient (Wildman–Crippen LogP) is 2.18. The summed E-state index contributed by atoms with van der Waals surface area (Å²) in [7, 11) is 0. The molecule has 0 saturated carbocycles. The van der Waals surface area contributed by atoms with Gasteiger partial charge in [-0.2, -0.15) is 4.37 Å². The lowest BCUT2D eigenvalue weighted by Crippen LogP contribution is -2.48. The van der Waals surface area contributed by atoms with Crippen LogP contribution in [-0.2, 0) is 0 Å². The number of rotatable bonds is 2. The molecule has 3 heterocycles. The van der Waals surface area contributed by atoms with E-state index in [9.17, 15) is 4.79 Å². The van der Waals surface area contributed by atoms with Crippen LogP contribution in [0.1, 0.15) is 20.4 Å². The zero-order valence-electron chi connectivity index (χ0n) is 11.5. The third-order valence-corrected chi connectivity index (χ3v) is 5.16. The molecule has 1 aliphatic heterocycles. The number of nitrogens with zero attached hydrogens (tertiary/aromatic N) is 4. The van der Waals surface area contributed by atoms with Gasteiger partial charge in [-0.1, -0.05) is 0 Å². The van der Waals surface area contributed by atoms with E-state index in [1.54, 1.807) is 11.3 Å². The quantitative estimate of drug-likeness (QED) is 0.853. The van der Waals surface area contributed by atoms with E-state index in [0.717, 1.165) is 42.0 Å². The molecule has 0 N–H and O–H groups in total. The van der Waals surface area contributed by atoms with E-state index in [1.165, 1.54) is 16.4 Å². The fourth-order valence-electron chi connectivity index (χ4n) is 2.22. The van der Waals surface area contributed by atoms with Crippen LogP contribution in [0.2, 0.25) is 0 Å². The Morgan fingerprint density at radius 3 is 2.50 bits per heavy atom. The molecular formula is C13H16N4OS2. The number of amides is 1. The minimum atomic E-state index is 0.149. The number of carbonyl (C=O) groups excluding carboxylic acids is 1. The highest BCUT2D eigenvalue weighted by molar-refractivity contribution is 7.13. The average Bonchev–Trinajstić information content (AvgIpc) is 3.07. The first-order valence-electron chi connectivity index (χ1n) is 6.54. The van der Waals surface area contributed by atoms with Gasteiger partial charge >= 0.3 is 0 Å². The van der Waals surface area contributed by atoms with Crippen LogP contribution in [-0.4, -0.2) is 46.3 Å². The van der Waals surface area contributed by atoms with Crippen LogP contribution in [0.25, 0.3) is 0 Å². The van der Waals surface area contributed by atoms with Gasteiger partial charge in [-0.05, 0) is 26.0 Å². The molecule has 0 radical (unpaired) electrons. The molecule has 7 heteroatoms. The molecule has 0 aliphatic carbocycles. The Labute approximate surface area is 126 Å². The van der Waals surface area contributed by atoms with Crippen molar-refractivity contribution in [3.05, 3.63) is 27.7 Å². The Morgan fingerprint density at radius 2 is 1.95 bits per heavy atom. The number of aromatic nitrogens is 2. The minimum absolute atomic E-state index is 0.149. The predicted molar refractivity (Wildman–Crippen MR) is 81.8 cm³/mol. The SMILES string of the molecule is Cc1nsc(N2CCN(C(=O)c3ccc(C)s3)CC2)n1. The molecule has 0 aromatic carbocycles. The van der Waals surface area contributed by atoms with Crippen molar-refractivity contribution in [2.75, 3.05) is 31.1 Å². The summed E-state index contributed by atoms with van der Waals surface area (Å²) in [5, 5.41) is 0.960. The summed E-state index contributed by atoms with van der Waals surface area (Å²) >= 11 is 2.99. The van der Waals surface area contributed by atoms with E-state index in [0.29, 0.717) is 0 Å². The standard InChI is InChI=1S/C13H16N4OS2/c1-9-3-4-11(19-9)12(18)16-5-7-17(8-6-16)13-14-10(2)15-20-13/h3-4H,5-8H2,1-2H3. The average molecular weight is 308 g/mol. The first kappa shape index (κ1) is 13.5. The molecule has 0 bridgehead atoms. The fourth-order valence-corrected chi connectivity index (χ4v) is 3.78. The van der Waals surface area contributed by atoms with Gasteiger partial charge in [0.25, 0.3) is 5.91 Å². The van der Waals surface area contributed by atoms with Crippen molar-refractivity contribution in [3.63, 3.8) is 0 Å². The summed E-state index contributed by atoms with van der Waals surface area (Å²) in [6.07, 6.45) is 0. The van der Waals surface area contributed by atoms with Crippen molar-refractivity contribution in [1.29, 1.82) is 0 Å². The molecule has 0 unspecified atom stereocenters. The van der Waals surface area contributed by atoms with Crippen LogP contribution in [0, 0.1) is 13.8 Å². The number of thiophene rings is 1.